The first-order valence-electron chi connectivity index (χ1n) is 16.7. The molecule has 0 heterocycles. The molecule has 0 amide bonds. The minimum atomic E-state index is -0.969. The molecule has 9 nitrogen and oxygen atoms in total. The van der Waals surface area contributed by atoms with E-state index in [0.717, 1.165) is 51.4 Å². The summed E-state index contributed by atoms with van der Waals surface area (Å²) in [5.74, 6) is -1.50. The van der Waals surface area contributed by atoms with E-state index in [2.05, 4.69) is 13.8 Å². The van der Waals surface area contributed by atoms with E-state index in [1.807, 2.05) is 0 Å². The molecule has 12 heteroatoms. The van der Waals surface area contributed by atoms with Crippen LogP contribution in [0.1, 0.15) is 110 Å². The molecule has 0 unspecified atom stereocenters. The highest BCUT2D eigenvalue weighted by molar-refractivity contribution is 6.35. The van der Waals surface area contributed by atoms with Gasteiger partial charge >= 0.3 is 23.9 Å². The molecule has 0 fully saturated rings. The van der Waals surface area contributed by atoms with E-state index >= 15 is 0 Å². The van der Waals surface area contributed by atoms with Gasteiger partial charge in [-0.15, -0.1) is 0 Å². The van der Waals surface area contributed by atoms with Crippen molar-refractivity contribution in [1.29, 1.82) is 0 Å². The van der Waals surface area contributed by atoms with Crippen LogP contribution >= 0.6 is 34.8 Å². The molecule has 0 aliphatic rings. The molecule has 0 saturated carbocycles. The molecule has 48 heavy (non-hydrogen) atoms. The number of ether oxygens (including phenoxy) is 5. The molecule has 0 N–H and O–H groups in total. The fraction of sp³-hybridized carbons (Fsp3) is 0.556. The number of benzene rings is 2. The standard InChI is InChI=1S/C36H47Cl3O9/c1-3-5-7-9-11-14-33(40)44-24-28(25-45-34(41)15-12-10-8-6-4-2)46-35(42)16-13-17-36(43)48-32-23-27(38)19-21-31(32)47-30-20-18-26(37)22-29(30)39/h18-23,28H,3-17,24-25H2,1-2H3. The smallest absolute Gasteiger partial charge is 0.311 e. The Morgan fingerprint density at radius 3 is 1.62 bits per heavy atom. The van der Waals surface area contributed by atoms with E-state index in [1.54, 1.807) is 18.2 Å². The maximum Gasteiger partial charge on any atom is 0.311 e. The van der Waals surface area contributed by atoms with Gasteiger partial charge in [-0.3, -0.25) is 19.2 Å². The van der Waals surface area contributed by atoms with E-state index in [0.29, 0.717) is 28.6 Å². The quantitative estimate of drug-likeness (QED) is 0.0451. The third-order valence-electron chi connectivity index (χ3n) is 7.13. The van der Waals surface area contributed by atoms with Gasteiger partial charge in [-0.25, -0.2) is 0 Å². The summed E-state index contributed by atoms with van der Waals surface area (Å²) in [6.07, 6.45) is 9.26. The third kappa shape index (κ3) is 17.9. The fourth-order valence-electron chi connectivity index (χ4n) is 4.50. The Labute approximate surface area is 298 Å². The summed E-state index contributed by atoms with van der Waals surface area (Å²) in [7, 11) is 0. The normalized spacial score (nSPS) is 10.9. The molecule has 0 saturated heterocycles. The lowest BCUT2D eigenvalue weighted by Crippen LogP contribution is -2.31. The number of esters is 4. The number of hydrogen-bond acceptors (Lipinski definition) is 9. The number of halogens is 3. The van der Waals surface area contributed by atoms with Crippen molar-refractivity contribution in [3.63, 3.8) is 0 Å². The van der Waals surface area contributed by atoms with Crippen molar-refractivity contribution in [2.24, 2.45) is 0 Å². The Balaban J connectivity index is 1.87. The number of hydrogen-bond donors (Lipinski definition) is 0. The van der Waals surface area contributed by atoms with Crippen LogP contribution < -0.4 is 9.47 Å². The Morgan fingerprint density at radius 2 is 1.06 bits per heavy atom. The molecule has 266 valence electrons. The highest BCUT2D eigenvalue weighted by Crippen LogP contribution is 2.37. The lowest BCUT2D eigenvalue weighted by molar-refractivity contribution is -0.167. The molecule has 2 aromatic rings. The summed E-state index contributed by atoms with van der Waals surface area (Å²) in [6.45, 7) is 3.77. The largest absolute Gasteiger partial charge is 0.462 e. The van der Waals surface area contributed by atoms with Gasteiger partial charge in [-0.05, 0) is 49.6 Å². The van der Waals surface area contributed by atoms with E-state index in [-0.39, 0.29) is 61.8 Å². The number of carbonyl (C=O) groups is 4. The predicted octanol–water partition coefficient (Wildman–Crippen LogP) is 10.2. The fourth-order valence-corrected chi connectivity index (χ4v) is 5.11. The van der Waals surface area contributed by atoms with Crippen LogP contribution in [-0.4, -0.2) is 43.2 Å². The number of carbonyl (C=O) groups excluding carboxylic acids is 4. The summed E-state index contributed by atoms with van der Waals surface area (Å²) in [5, 5.41) is 1.01. The molecule has 0 aliphatic carbocycles. The average Bonchev–Trinajstić information content (AvgIpc) is 3.04. The predicted molar refractivity (Wildman–Crippen MR) is 186 cm³/mol. The highest BCUT2D eigenvalue weighted by atomic mass is 35.5. The van der Waals surface area contributed by atoms with Gasteiger partial charge in [0.25, 0.3) is 0 Å². The van der Waals surface area contributed by atoms with Gasteiger partial charge in [-0.2, -0.15) is 0 Å². The van der Waals surface area contributed by atoms with Gasteiger partial charge in [0.15, 0.2) is 17.6 Å². The molecule has 0 atom stereocenters. The van der Waals surface area contributed by atoms with Crippen molar-refractivity contribution in [3.05, 3.63) is 51.5 Å². The summed E-state index contributed by atoms with van der Waals surface area (Å²) < 4.78 is 27.5. The van der Waals surface area contributed by atoms with E-state index in [9.17, 15) is 19.2 Å². The Bertz CT molecular complexity index is 1270. The first kappa shape index (κ1) is 41.2. The van der Waals surface area contributed by atoms with Crippen LogP contribution in [0.4, 0.5) is 0 Å². The number of rotatable bonds is 24. The Hall–Kier alpha value is -3.01. The van der Waals surface area contributed by atoms with Crippen LogP contribution in [0.15, 0.2) is 36.4 Å². The van der Waals surface area contributed by atoms with Gasteiger partial charge < -0.3 is 23.7 Å². The minimum absolute atomic E-state index is 0.0699. The van der Waals surface area contributed by atoms with Gasteiger partial charge in [0.2, 0.25) is 0 Å². The molecular formula is C36H47Cl3O9. The van der Waals surface area contributed by atoms with Crippen molar-refractivity contribution in [1.82, 2.24) is 0 Å². The van der Waals surface area contributed by atoms with E-state index in [1.165, 1.54) is 18.2 Å². The second kappa shape index (κ2) is 24.2. The average molecular weight is 730 g/mol. The lowest BCUT2D eigenvalue weighted by atomic mass is 10.1. The summed E-state index contributed by atoms with van der Waals surface area (Å²) in [6, 6.07) is 9.23. The lowest BCUT2D eigenvalue weighted by Gasteiger charge is -2.18. The zero-order valence-corrected chi connectivity index (χ0v) is 30.1. The van der Waals surface area contributed by atoms with E-state index in [4.69, 9.17) is 58.5 Å². The third-order valence-corrected chi connectivity index (χ3v) is 7.90. The van der Waals surface area contributed by atoms with Crippen LogP contribution in [0.3, 0.4) is 0 Å². The van der Waals surface area contributed by atoms with E-state index < -0.39 is 30.0 Å². The SMILES string of the molecule is CCCCCCCC(=O)OCC(COC(=O)CCCCCCC)OC(=O)CCCC(=O)Oc1cc(Cl)ccc1Oc1ccc(Cl)cc1Cl. The molecule has 0 spiro atoms. The Kier molecular flexibility index (Phi) is 20.7. The molecule has 2 aromatic carbocycles. The molecule has 0 aromatic heterocycles. The molecule has 0 radical (unpaired) electrons. The molecule has 2 rings (SSSR count). The topological polar surface area (TPSA) is 114 Å². The van der Waals surface area contributed by atoms with Crippen LogP contribution in [0, 0.1) is 0 Å². The van der Waals surface area contributed by atoms with Gasteiger partial charge in [0.05, 0.1) is 5.02 Å². The molecular weight excluding hydrogens is 683 g/mol. The van der Waals surface area contributed by atoms with Crippen molar-refractivity contribution in [2.45, 2.75) is 116 Å². The zero-order chi connectivity index (χ0) is 35.1. The maximum absolute atomic E-state index is 12.7. The Morgan fingerprint density at radius 1 is 0.562 bits per heavy atom. The first-order chi connectivity index (χ1) is 23.1. The highest BCUT2D eigenvalue weighted by Gasteiger charge is 2.20. The van der Waals surface area contributed by atoms with Crippen molar-refractivity contribution >= 4 is 58.7 Å². The second-order valence-electron chi connectivity index (χ2n) is 11.4. The van der Waals surface area contributed by atoms with Crippen LogP contribution in [0.25, 0.3) is 0 Å². The summed E-state index contributed by atoms with van der Waals surface area (Å²) in [4.78, 5) is 49.8. The van der Waals surface area contributed by atoms with Gasteiger partial charge in [0, 0.05) is 41.8 Å². The van der Waals surface area contributed by atoms with Gasteiger partial charge in [0.1, 0.15) is 19.0 Å². The minimum Gasteiger partial charge on any atom is -0.462 e. The van der Waals surface area contributed by atoms with Crippen LogP contribution in [-0.2, 0) is 33.4 Å². The summed E-state index contributed by atoms with van der Waals surface area (Å²) in [5.41, 5.74) is 0. The number of unbranched alkanes of at least 4 members (excludes halogenated alkanes) is 8. The van der Waals surface area contributed by atoms with Crippen molar-refractivity contribution < 1.29 is 42.9 Å². The van der Waals surface area contributed by atoms with Crippen LogP contribution in [0.2, 0.25) is 15.1 Å². The summed E-state index contributed by atoms with van der Waals surface area (Å²) >= 11 is 18.3. The molecule has 0 aliphatic heterocycles. The van der Waals surface area contributed by atoms with Crippen molar-refractivity contribution in [2.75, 3.05) is 13.2 Å². The van der Waals surface area contributed by atoms with Crippen LogP contribution in [0.5, 0.6) is 17.2 Å². The van der Waals surface area contributed by atoms with Gasteiger partial charge in [-0.1, -0.05) is 100 Å². The maximum atomic E-state index is 12.7. The zero-order valence-electron chi connectivity index (χ0n) is 27.9. The van der Waals surface area contributed by atoms with Crippen molar-refractivity contribution in [3.8, 4) is 17.2 Å². The molecule has 0 bridgehead atoms. The first-order valence-corrected chi connectivity index (χ1v) is 17.9. The monoisotopic (exact) mass is 728 g/mol. The second-order valence-corrected chi connectivity index (χ2v) is 12.7.